The standard InChI is InChI=1S/C11H20O2/c1-10(2,13)8-11(9-12)6-4-3-5-7-11/h9,13H,3-8H2,1-2H3. The van der Waals surface area contributed by atoms with Gasteiger partial charge in [-0.25, -0.2) is 0 Å². The predicted molar refractivity (Wildman–Crippen MR) is 52.5 cm³/mol. The van der Waals surface area contributed by atoms with Crippen molar-refractivity contribution in [2.24, 2.45) is 5.41 Å². The maximum absolute atomic E-state index is 11.0. The molecule has 2 heteroatoms. The fraction of sp³-hybridized carbons (Fsp3) is 0.909. The van der Waals surface area contributed by atoms with Crippen molar-refractivity contribution >= 4 is 6.29 Å². The van der Waals surface area contributed by atoms with Gasteiger partial charge in [0.15, 0.2) is 0 Å². The molecular weight excluding hydrogens is 164 g/mol. The second kappa shape index (κ2) is 3.79. The molecule has 1 fully saturated rings. The second-order valence-corrected chi connectivity index (χ2v) is 5.03. The summed E-state index contributed by atoms with van der Waals surface area (Å²) in [6.07, 6.45) is 7.11. The van der Waals surface area contributed by atoms with Crippen LogP contribution in [-0.4, -0.2) is 17.0 Å². The fourth-order valence-electron chi connectivity index (χ4n) is 2.45. The molecule has 0 aliphatic heterocycles. The third kappa shape index (κ3) is 3.11. The lowest BCUT2D eigenvalue weighted by molar-refractivity contribution is -0.121. The number of carbonyl (C=O) groups excluding carboxylic acids is 1. The quantitative estimate of drug-likeness (QED) is 0.683. The van der Waals surface area contributed by atoms with Crippen LogP contribution in [0.1, 0.15) is 52.4 Å². The molecule has 0 spiro atoms. The Labute approximate surface area is 80.3 Å². The third-order valence-electron chi connectivity index (χ3n) is 2.88. The van der Waals surface area contributed by atoms with Gasteiger partial charge in [0, 0.05) is 5.41 Å². The maximum Gasteiger partial charge on any atom is 0.126 e. The maximum atomic E-state index is 11.0. The van der Waals surface area contributed by atoms with Gasteiger partial charge in [-0.2, -0.15) is 0 Å². The minimum absolute atomic E-state index is 0.226. The lowest BCUT2D eigenvalue weighted by Gasteiger charge is -2.36. The number of carbonyl (C=O) groups is 1. The average Bonchev–Trinajstić information content (AvgIpc) is 2.03. The number of aldehydes is 1. The van der Waals surface area contributed by atoms with Gasteiger partial charge in [0.1, 0.15) is 6.29 Å². The molecular formula is C11H20O2. The van der Waals surface area contributed by atoms with E-state index in [-0.39, 0.29) is 5.41 Å². The molecule has 0 aromatic carbocycles. The first-order valence-corrected chi connectivity index (χ1v) is 5.16. The van der Waals surface area contributed by atoms with Crippen LogP contribution in [0, 0.1) is 5.41 Å². The lowest BCUT2D eigenvalue weighted by atomic mass is 9.69. The van der Waals surface area contributed by atoms with Crippen molar-refractivity contribution in [3.05, 3.63) is 0 Å². The highest BCUT2D eigenvalue weighted by Crippen LogP contribution is 2.40. The summed E-state index contributed by atoms with van der Waals surface area (Å²) >= 11 is 0. The SMILES string of the molecule is CC(C)(O)CC1(C=O)CCCCC1. The van der Waals surface area contributed by atoms with E-state index in [1.165, 1.54) is 6.42 Å². The molecule has 0 aromatic heterocycles. The molecule has 1 N–H and O–H groups in total. The van der Waals surface area contributed by atoms with Gasteiger partial charge in [0.05, 0.1) is 5.60 Å². The molecule has 1 rings (SSSR count). The summed E-state index contributed by atoms with van der Waals surface area (Å²) in [6, 6.07) is 0. The van der Waals surface area contributed by atoms with E-state index in [9.17, 15) is 9.90 Å². The summed E-state index contributed by atoms with van der Waals surface area (Å²) in [5.74, 6) is 0. The van der Waals surface area contributed by atoms with Crippen molar-refractivity contribution in [2.75, 3.05) is 0 Å². The first kappa shape index (κ1) is 10.7. The van der Waals surface area contributed by atoms with Crippen LogP contribution in [0.15, 0.2) is 0 Å². The summed E-state index contributed by atoms with van der Waals surface area (Å²) in [6.45, 7) is 3.57. The predicted octanol–water partition coefficient (Wildman–Crippen LogP) is 2.30. The lowest BCUT2D eigenvalue weighted by Crippen LogP contribution is -2.35. The summed E-state index contributed by atoms with van der Waals surface area (Å²) in [4.78, 5) is 11.0. The van der Waals surface area contributed by atoms with Gasteiger partial charge in [-0.15, -0.1) is 0 Å². The number of rotatable bonds is 3. The van der Waals surface area contributed by atoms with Gasteiger partial charge >= 0.3 is 0 Å². The van der Waals surface area contributed by atoms with Crippen LogP contribution in [0.3, 0.4) is 0 Å². The van der Waals surface area contributed by atoms with Gasteiger partial charge < -0.3 is 9.90 Å². The molecule has 0 heterocycles. The largest absolute Gasteiger partial charge is 0.390 e. The Kier molecular flexibility index (Phi) is 3.12. The van der Waals surface area contributed by atoms with Crippen LogP contribution in [-0.2, 0) is 4.79 Å². The number of hydrogen-bond donors (Lipinski definition) is 1. The monoisotopic (exact) mass is 184 g/mol. The zero-order chi connectivity index (χ0) is 9.95. The van der Waals surface area contributed by atoms with Crippen molar-refractivity contribution in [1.29, 1.82) is 0 Å². The molecule has 1 aliphatic rings. The van der Waals surface area contributed by atoms with E-state index >= 15 is 0 Å². The molecule has 1 aliphatic carbocycles. The van der Waals surface area contributed by atoms with Gasteiger partial charge in [0.25, 0.3) is 0 Å². The van der Waals surface area contributed by atoms with Crippen LogP contribution in [0.5, 0.6) is 0 Å². The molecule has 0 atom stereocenters. The van der Waals surface area contributed by atoms with Gasteiger partial charge in [-0.1, -0.05) is 19.3 Å². The molecule has 13 heavy (non-hydrogen) atoms. The minimum Gasteiger partial charge on any atom is -0.390 e. The summed E-state index contributed by atoms with van der Waals surface area (Å²) in [5.41, 5.74) is -0.936. The molecule has 0 aromatic rings. The van der Waals surface area contributed by atoms with E-state index < -0.39 is 5.60 Å². The van der Waals surface area contributed by atoms with E-state index in [1.54, 1.807) is 13.8 Å². The second-order valence-electron chi connectivity index (χ2n) is 5.03. The molecule has 2 nitrogen and oxygen atoms in total. The third-order valence-corrected chi connectivity index (χ3v) is 2.88. The van der Waals surface area contributed by atoms with Crippen molar-refractivity contribution in [2.45, 2.75) is 58.0 Å². The van der Waals surface area contributed by atoms with Gasteiger partial charge in [0.2, 0.25) is 0 Å². The molecule has 0 bridgehead atoms. The zero-order valence-corrected chi connectivity index (χ0v) is 8.68. The zero-order valence-electron chi connectivity index (χ0n) is 8.68. The Morgan fingerprint density at radius 1 is 1.31 bits per heavy atom. The van der Waals surface area contributed by atoms with Crippen molar-refractivity contribution < 1.29 is 9.90 Å². The van der Waals surface area contributed by atoms with Crippen LogP contribution in [0.25, 0.3) is 0 Å². The van der Waals surface area contributed by atoms with Gasteiger partial charge in [-0.3, -0.25) is 0 Å². The molecule has 76 valence electrons. The first-order valence-electron chi connectivity index (χ1n) is 5.16. The Hall–Kier alpha value is -0.370. The normalized spacial score (nSPS) is 22.7. The average molecular weight is 184 g/mol. The van der Waals surface area contributed by atoms with Crippen LogP contribution in [0.4, 0.5) is 0 Å². The molecule has 0 radical (unpaired) electrons. The van der Waals surface area contributed by atoms with E-state index in [0.29, 0.717) is 6.42 Å². The highest BCUT2D eigenvalue weighted by molar-refractivity contribution is 5.59. The summed E-state index contributed by atoms with van der Waals surface area (Å²) in [5, 5.41) is 9.71. The van der Waals surface area contributed by atoms with Gasteiger partial charge in [-0.05, 0) is 33.1 Å². The summed E-state index contributed by atoms with van der Waals surface area (Å²) in [7, 11) is 0. The molecule has 0 unspecified atom stereocenters. The topological polar surface area (TPSA) is 37.3 Å². The highest BCUT2D eigenvalue weighted by atomic mass is 16.3. The van der Waals surface area contributed by atoms with Crippen molar-refractivity contribution in [3.8, 4) is 0 Å². The number of hydrogen-bond acceptors (Lipinski definition) is 2. The van der Waals surface area contributed by atoms with E-state index in [4.69, 9.17) is 0 Å². The Balaban J connectivity index is 2.63. The summed E-state index contributed by atoms with van der Waals surface area (Å²) < 4.78 is 0. The van der Waals surface area contributed by atoms with Crippen molar-refractivity contribution in [1.82, 2.24) is 0 Å². The van der Waals surface area contributed by atoms with Crippen LogP contribution < -0.4 is 0 Å². The molecule has 1 saturated carbocycles. The molecule has 0 amide bonds. The van der Waals surface area contributed by atoms with E-state index in [1.807, 2.05) is 0 Å². The Bertz CT molecular complexity index is 173. The Morgan fingerprint density at radius 2 is 1.85 bits per heavy atom. The fourth-order valence-corrected chi connectivity index (χ4v) is 2.45. The smallest absolute Gasteiger partial charge is 0.126 e. The Morgan fingerprint density at radius 3 is 2.23 bits per heavy atom. The first-order chi connectivity index (χ1) is 5.97. The van der Waals surface area contributed by atoms with Crippen LogP contribution in [0.2, 0.25) is 0 Å². The van der Waals surface area contributed by atoms with Crippen LogP contribution >= 0.6 is 0 Å². The van der Waals surface area contributed by atoms with E-state index in [0.717, 1.165) is 32.0 Å². The minimum atomic E-state index is -0.710. The molecule has 0 saturated heterocycles. The number of aliphatic hydroxyl groups is 1. The van der Waals surface area contributed by atoms with E-state index in [2.05, 4.69) is 0 Å². The van der Waals surface area contributed by atoms with Crippen molar-refractivity contribution in [3.63, 3.8) is 0 Å². The highest BCUT2D eigenvalue weighted by Gasteiger charge is 2.36.